The molecule has 0 bridgehead atoms. The Morgan fingerprint density at radius 3 is 2.85 bits per heavy atom. The fourth-order valence-corrected chi connectivity index (χ4v) is 1.95. The van der Waals surface area contributed by atoms with Crippen molar-refractivity contribution < 1.29 is 24.2 Å². The highest BCUT2D eigenvalue weighted by molar-refractivity contribution is 5.94. The molecular weight excluding hydrogens is 264 g/mol. The molecule has 3 N–H and O–H groups in total. The monoisotopic (exact) mass is 280 g/mol. The number of benzene rings is 1. The van der Waals surface area contributed by atoms with Crippen molar-refractivity contribution in [1.29, 1.82) is 0 Å². The molecule has 2 amide bonds. The highest BCUT2D eigenvalue weighted by Crippen LogP contribution is 2.23. The van der Waals surface area contributed by atoms with E-state index < -0.39 is 5.97 Å². The van der Waals surface area contributed by atoms with E-state index in [0.717, 1.165) is 6.42 Å². The van der Waals surface area contributed by atoms with Gasteiger partial charge in [-0.1, -0.05) is 0 Å². The van der Waals surface area contributed by atoms with Crippen LogP contribution in [-0.2, 0) is 4.74 Å². The van der Waals surface area contributed by atoms with E-state index in [9.17, 15) is 9.59 Å². The van der Waals surface area contributed by atoms with Crippen LogP contribution in [0.3, 0.4) is 0 Å². The van der Waals surface area contributed by atoms with Gasteiger partial charge in [0.15, 0.2) is 0 Å². The molecule has 0 radical (unpaired) electrons. The maximum Gasteiger partial charge on any atom is 0.339 e. The summed E-state index contributed by atoms with van der Waals surface area (Å²) in [5.74, 6) is -0.888. The summed E-state index contributed by atoms with van der Waals surface area (Å²) in [6.07, 6.45) is 0.786. The predicted molar refractivity (Wildman–Crippen MR) is 71.3 cm³/mol. The Bertz CT molecular complexity index is 511. The molecule has 2 rings (SSSR count). The normalized spacial score (nSPS) is 17.6. The van der Waals surface area contributed by atoms with Gasteiger partial charge in [0.05, 0.1) is 19.8 Å². The number of aromatic carboxylic acids is 1. The molecule has 0 aliphatic carbocycles. The molecule has 7 heteroatoms. The Balaban J connectivity index is 2.01. The number of carbonyl (C=O) groups excluding carboxylic acids is 1. The van der Waals surface area contributed by atoms with Gasteiger partial charge in [0.2, 0.25) is 0 Å². The quantitative estimate of drug-likeness (QED) is 0.772. The van der Waals surface area contributed by atoms with Crippen molar-refractivity contribution in [2.45, 2.75) is 12.5 Å². The van der Waals surface area contributed by atoms with Crippen LogP contribution in [0.1, 0.15) is 16.8 Å². The van der Waals surface area contributed by atoms with Gasteiger partial charge < -0.3 is 25.2 Å². The summed E-state index contributed by atoms with van der Waals surface area (Å²) in [5.41, 5.74) is 0.505. The number of hydrogen-bond donors (Lipinski definition) is 3. The van der Waals surface area contributed by atoms with Gasteiger partial charge in [-0.2, -0.15) is 0 Å². The van der Waals surface area contributed by atoms with Gasteiger partial charge in [-0.3, -0.25) is 0 Å². The first-order valence-corrected chi connectivity index (χ1v) is 6.16. The zero-order valence-electron chi connectivity index (χ0n) is 11.0. The number of rotatable bonds is 4. The van der Waals surface area contributed by atoms with Crippen molar-refractivity contribution in [2.24, 2.45) is 0 Å². The number of urea groups is 1. The lowest BCUT2D eigenvalue weighted by atomic mass is 10.2. The third kappa shape index (κ3) is 3.39. The lowest BCUT2D eigenvalue weighted by molar-refractivity contribution is 0.0693. The summed E-state index contributed by atoms with van der Waals surface area (Å²) in [6, 6.07) is 4.01. The van der Waals surface area contributed by atoms with Crippen LogP contribution in [0.4, 0.5) is 10.5 Å². The number of nitrogens with one attached hydrogen (secondary N) is 2. The summed E-state index contributed by atoms with van der Waals surface area (Å²) >= 11 is 0. The molecule has 20 heavy (non-hydrogen) atoms. The number of carboxylic acid groups (broad SMARTS) is 1. The Morgan fingerprint density at radius 2 is 2.25 bits per heavy atom. The summed E-state index contributed by atoms with van der Waals surface area (Å²) in [6.45, 7) is 1.15. The molecule has 1 saturated heterocycles. The van der Waals surface area contributed by atoms with E-state index in [1.54, 1.807) is 0 Å². The van der Waals surface area contributed by atoms with Crippen LogP contribution in [0.2, 0.25) is 0 Å². The van der Waals surface area contributed by atoms with Crippen LogP contribution < -0.4 is 15.4 Å². The maximum absolute atomic E-state index is 11.8. The molecule has 1 aromatic rings. The third-order valence-corrected chi connectivity index (χ3v) is 2.95. The first kappa shape index (κ1) is 14.1. The average molecular weight is 280 g/mol. The van der Waals surface area contributed by atoms with E-state index in [2.05, 4.69) is 10.6 Å². The number of hydrogen-bond acceptors (Lipinski definition) is 4. The number of anilines is 1. The molecule has 1 fully saturated rings. The van der Waals surface area contributed by atoms with Crippen LogP contribution in [-0.4, -0.2) is 43.5 Å². The van der Waals surface area contributed by atoms with Crippen LogP contribution in [0.15, 0.2) is 18.2 Å². The second-order valence-electron chi connectivity index (χ2n) is 4.38. The summed E-state index contributed by atoms with van der Waals surface area (Å²) < 4.78 is 10.1. The smallest absolute Gasteiger partial charge is 0.339 e. The Labute approximate surface area is 115 Å². The van der Waals surface area contributed by atoms with Crippen LogP contribution in [0.5, 0.6) is 5.75 Å². The second kappa shape index (κ2) is 6.25. The lowest BCUT2D eigenvalue weighted by Crippen LogP contribution is -2.38. The van der Waals surface area contributed by atoms with Crippen LogP contribution >= 0.6 is 0 Å². The zero-order chi connectivity index (χ0) is 14.5. The fraction of sp³-hybridized carbons (Fsp3) is 0.385. The highest BCUT2D eigenvalue weighted by atomic mass is 16.5. The Hall–Kier alpha value is -2.28. The SMILES string of the molecule is COc1cc(NC(=O)NC2CCOC2)ccc1C(=O)O. The molecule has 1 aliphatic rings. The first-order chi connectivity index (χ1) is 9.60. The summed E-state index contributed by atoms with van der Waals surface area (Å²) in [4.78, 5) is 22.7. The van der Waals surface area contributed by atoms with E-state index in [1.807, 2.05) is 0 Å². The fourth-order valence-electron chi connectivity index (χ4n) is 1.95. The van der Waals surface area contributed by atoms with Crippen LogP contribution in [0, 0.1) is 0 Å². The second-order valence-corrected chi connectivity index (χ2v) is 4.38. The zero-order valence-corrected chi connectivity index (χ0v) is 11.0. The number of carbonyl (C=O) groups is 2. The van der Waals surface area contributed by atoms with E-state index in [4.69, 9.17) is 14.6 Å². The Kier molecular flexibility index (Phi) is 4.41. The molecule has 108 valence electrons. The van der Waals surface area contributed by atoms with Gasteiger partial charge in [0.25, 0.3) is 0 Å². The van der Waals surface area contributed by atoms with Gasteiger partial charge >= 0.3 is 12.0 Å². The first-order valence-electron chi connectivity index (χ1n) is 6.16. The molecule has 1 atom stereocenters. The van der Waals surface area contributed by atoms with Gasteiger partial charge in [-0.25, -0.2) is 9.59 Å². The minimum absolute atomic E-state index is 0.00943. The van der Waals surface area contributed by atoms with Crippen molar-refractivity contribution >= 4 is 17.7 Å². The van der Waals surface area contributed by atoms with Crippen molar-refractivity contribution in [3.8, 4) is 5.75 Å². The molecule has 1 aliphatic heterocycles. The average Bonchev–Trinajstić information content (AvgIpc) is 2.90. The Morgan fingerprint density at radius 1 is 1.45 bits per heavy atom. The molecule has 1 aromatic carbocycles. The van der Waals surface area contributed by atoms with Crippen molar-refractivity contribution in [2.75, 3.05) is 25.6 Å². The van der Waals surface area contributed by atoms with Crippen LogP contribution in [0.25, 0.3) is 0 Å². The highest BCUT2D eigenvalue weighted by Gasteiger charge is 2.18. The van der Waals surface area contributed by atoms with E-state index >= 15 is 0 Å². The lowest BCUT2D eigenvalue weighted by Gasteiger charge is -2.13. The number of ether oxygens (including phenoxy) is 2. The van der Waals surface area contributed by atoms with Gasteiger partial charge in [0, 0.05) is 18.4 Å². The molecule has 1 unspecified atom stereocenters. The molecular formula is C13H16N2O5. The van der Waals surface area contributed by atoms with Gasteiger partial charge in [0.1, 0.15) is 11.3 Å². The van der Waals surface area contributed by atoms with Crippen molar-refractivity contribution in [3.05, 3.63) is 23.8 Å². The molecule has 0 spiro atoms. The standard InChI is InChI=1S/C13H16N2O5/c1-19-11-6-8(2-3-10(11)12(16)17)14-13(18)15-9-4-5-20-7-9/h2-3,6,9H,4-5,7H2,1H3,(H,16,17)(H2,14,15,18). The van der Waals surface area contributed by atoms with Crippen molar-refractivity contribution in [1.82, 2.24) is 5.32 Å². The van der Waals surface area contributed by atoms with Crippen molar-refractivity contribution in [3.63, 3.8) is 0 Å². The number of methoxy groups -OCH3 is 1. The van der Waals surface area contributed by atoms with E-state index in [0.29, 0.717) is 18.9 Å². The number of carboxylic acids is 1. The van der Waals surface area contributed by atoms with Gasteiger partial charge in [-0.15, -0.1) is 0 Å². The van der Waals surface area contributed by atoms with E-state index in [-0.39, 0.29) is 23.4 Å². The predicted octanol–water partition coefficient (Wildman–Crippen LogP) is 1.30. The summed E-state index contributed by atoms with van der Waals surface area (Å²) in [5, 5.41) is 14.4. The van der Waals surface area contributed by atoms with E-state index in [1.165, 1.54) is 25.3 Å². The largest absolute Gasteiger partial charge is 0.496 e. The third-order valence-electron chi connectivity index (χ3n) is 2.95. The molecule has 1 heterocycles. The minimum atomic E-state index is -1.08. The molecule has 0 aromatic heterocycles. The maximum atomic E-state index is 11.8. The molecule has 7 nitrogen and oxygen atoms in total. The van der Waals surface area contributed by atoms with Gasteiger partial charge in [-0.05, 0) is 18.6 Å². The minimum Gasteiger partial charge on any atom is -0.496 e. The number of amides is 2. The molecule has 0 saturated carbocycles. The topological polar surface area (TPSA) is 96.9 Å². The summed E-state index contributed by atoms with van der Waals surface area (Å²) in [7, 11) is 1.38.